The minimum Gasteiger partial charge on any atom is -0.497 e. The number of ether oxygens (including phenoxy) is 1. The van der Waals surface area contributed by atoms with Crippen molar-refractivity contribution >= 4 is 33.1 Å². The van der Waals surface area contributed by atoms with Gasteiger partial charge in [-0.05, 0) is 48.7 Å². The number of hydrogen-bond acceptors (Lipinski definition) is 3. The Labute approximate surface area is 127 Å². The summed E-state index contributed by atoms with van der Waals surface area (Å²) >= 11 is 1.65. The number of benzene rings is 1. The summed E-state index contributed by atoms with van der Waals surface area (Å²) in [6.45, 7) is 2.81. The van der Waals surface area contributed by atoms with Crippen molar-refractivity contribution in [2.24, 2.45) is 0 Å². The molecule has 0 atom stereocenters. The van der Waals surface area contributed by atoms with E-state index in [1.165, 1.54) is 0 Å². The third-order valence-electron chi connectivity index (χ3n) is 3.42. The SMILES string of the molecule is CCn1c(C(=O)Nc2ccc(OC)cc2)cc2sccc21. The minimum absolute atomic E-state index is 0.0922. The second-order valence-electron chi connectivity index (χ2n) is 4.63. The average Bonchev–Trinajstić information content (AvgIpc) is 3.08. The number of nitrogens with zero attached hydrogens (tertiary/aromatic N) is 1. The van der Waals surface area contributed by atoms with Crippen LogP contribution in [0.3, 0.4) is 0 Å². The van der Waals surface area contributed by atoms with Gasteiger partial charge in [0, 0.05) is 12.2 Å². The van der Waals surface area contributed by atoms with Crippen LogP contribution in [0.2, 0.25) is 0 Å². The molecule has 5 heteroatoms. The maximum Gasteiger partial charge on any atom is 0.272 e. The Kier molecular flexibility index (Phi) is 3.66. The van der Waals surface area contributed by atoms with Gasteiger partial charge in [0.05, 0.1) is 17.3 Å². The molecule has 3 rings (SSSR count). The Morgan fingerprint density at radius 2 is 2.05 bits per heavy atom. The molecule has 108 valence electrons. The van der Waals surface area contributed by atoms with Gasteiger partial charge in [0.25, 0.3) is 5.91 Å². The van der Waals surface area contributed by atoms with E-state index in [1.54, 1.807) is 18.4 Å². The van der Waals surface area contributed by atoms with Crippen molar-refractivity contribution in [2.45, 2.75) is 13.5 Å². The van der Waals surface area contributed by atoms with Gasteiger partial charge in [-0.15, -0.1) is 11.3 Å². The van der Waals surface area contributed by atoms with Gasteiger partial charge in [0.15, 0.2) is 0 Å². The number of fused-ring (bicyclic) bond motifs is 1. The summed E-state index contributed by atoms with van der Waals surface area (Å²) in [4.78, 5) is 12.5. The number of nitrogens with one attached hydrogen (secondary N) is 1. The van der Waals surface area contributed by atoms with Crippen molar-refractivity contribution < 1.29 is 9.53 Å². The van der Waals surface area contributed by atoms with Crippen LogP contribution in [0.25, 0.3) is 10.2 Å². The number of carbonyl (C=O) groups excluding carboxylic acids is 1. The zero-order valence-electron chi connectivity index (χ0n) is 11.9. The summed E-state index contributed by atoms with van der Waals surface area (Å²) < 4.78 is 8.28. The van der Waals surface area contributed by atoms with Crippen LogP contribution in [0.15, 0.2) is 41.8 Å². The van der Waals surface area contributed by atoms with Gasteiger partial charge in [-0.2, -0.15) is 0 Å². The molecule has 0 bridgehead atoms. The molecule has 0 spiro atoms. The third kappa shape index (κ3) is 2.52. The molecular weight excluding hydrogens is 284 g/mol. The quantitative estimate of drug-likeness (QED) is 0.792. The molecule has 0 aliphatic rings. The third-order valence-corrected chi connectivity index (χ3v) is 4.27. The van der Waals surface area contributed by atoms with Crippen molar-refractivity contribution in [3.05, 3.63) is 47.5 Å². The lowest BCUT2D eigenvalue weighted by Crippen LogP contribution is -2.16. The van der Waals surface area contributed by atoms with E-state index < -0.39 is 0 Å². The molecular formula is C16H16N2O2S. The predicted molar refractivity (Wildman–Crippen MR) is 86.4 cm³/mol. The van der Waals surface area contributed by atoms with E-state index in [1.807, 2.05) is 53.3 Å². The lowest BCUT2D eigenvalue weighted by Gasteiger charge is -2.09. The highest BCUT2D eigenvalue weighted by molar-refractivity contribution is 7.17. The Balaban J connectivity index is 1.87. The van der Waals surface area contributed by atoms with Crippen molar-refractivity contribution in [3.8, 4) is 5.75 Å². The normalized spacial score (nSPS) is 10.8. The smallest absolute Gasteiger partial charge is 0.272 e. The number of aryl methyl sites for hydroxylation is 1. The fraction of sp³-hybridized carbons (Fsp3) is 0.188. The lowest BCUT2D eigenvalue weighted by molar-refractivity contribution is 0.101. The first-order valence-corrected chi connectivity index (χ1v) is 7.63. The predicted octanol–water partition coefficient (Wildman–Crippen LogP) is 3.98. The van der Waals surface area contributed by atoms with E-state index in [0.29, 0.717) is 5.69 Å². The number of thiophene rings is 1. The van der Waals surface area contributed by atoms with Crippen LogP contribution in [0.1, 0.15) is 17.4 Å². The second kappa shape index (κ2) is 5.61. The number of carbonyl (C=O) groups is 1. The monoisotopic (exact) mass is 300 g/mol. The van der Waals surface area contributed by atoms with Gasteiger partial charge in [0.1, 0.15) is 11.4 Å². The number of methoxy groups -OCH3 is 1. The van der Waals surface area contributed by atoms with Gasteiger partial charge < -0.3 is 14.6 Å². The molecule has 1 amide bonds. The zero-order valence-corrected chi connectivity index (χ0v) is 12.7. The molecule has 3 aromatic rings. The molecule has 0 radical (unpaired) electrons. The van der Waals surface area contributed by atoms with Crippen LogP contribution in [-0.2, 0) is 6.54 Å². The van der Waals surface area contributed by atoms with Crippen molar-refractivity contribution in [1.82, 2.24) is 4.57 Å². The van der Waals surface area contributed by atoms with Crippen molar-refractivity contribution in [3.63, 3.8) is 0 Å². The molecule has 2 heterocycles. The van der Waals surface area contributed by atoms with Gasteiger partial charge in [-0.3, -0.25) is 4.79 Å². The van der Waals surface area contributed by atoms with Gasteiger partial charge in [0.2, 0.25) is 0 Å². The van der Waals surface area contributed by atoms with Crippen LogP contribution >= 0.6 is 11.3 Å². The summed E-state index contributed by atoms with van der Waals surface area (Å²) in [5.74, 6) is 0.677. The highest BCUT2D eigenvalue weighted by Gasteiger charge is 2.15. The summed E-state index contributed by atoms with van der Waals surface area (Å²) in [7, 11) is 1.62. The molecule has 1 N–H and O–H groups in total. The molecule has 0 aliphatic heterocycles. The van der Waals surface area contributed by atoms with E-state index >= 15 is 0 Å². The molecule has 0 fully saturated rings. The molecule has 0 saturated heterocycles. The van der Waals surface area contributed by atoms with E-state index in [4.69, 9.17) is 4.74 Å². The first kappa shape index (κ1) is 13.7. The van der Waals surface area contributed by atoms with E-state index in [2.05, 4.69) is 5.32 Å². The van der Waals surface area contributed by atoms with Crippen molar-refractivity contribution in [1.29, 1.82) is 0 Å². The second-order valence-corrected chi connectivity index (χ2v) is 5.57. The van der Waals surface area contributed by atoms with Crippen LogP contribution in [-0.4, -0.2) is 17.6 Å². The van der Waals surface area contributed by atoms with Gasteiger partial charge in [-0.1, -0.05) is 0 Å². The van der Waals surface area contributed by atoms with Crippen molar-refractivity contribution in [2.75, 3.05) is 12.4 Å². The van der Waals surface area contributed by atoms with Crippen LogP contribution < -0.4 is 10.1 Å². The largest absolute Gasteiger partial charge is 0.497 e. The van der Waals surface area contributed by atoms with Crippen LogP contribution in [0.5, 0.6) is 5.75 Å². The molecule has 21 heavy (non-hydrogen) atoms. The Hall–Kier alpha value is -2.27. The molecule has 4 nitrogen and oxygen atoms in total. The fourth-order valence-electron chi connectivity index (χ4n) is 2.38. The number of rotatable bonds is 4. The van der Waals surface area contributed by atoms with Crippen LogP contribution in [0, 0.1) is 0 Å². The average molecular weight is 300 g/mol. The summed E-state index contributed by atoms with van der Waals surface area (Å²) in [5.41, 5.74) is 2.56. The molecule has 0 saturated carbocycles. The first-order chi connectivity index (χ1) is 10.2. The van der Waals surface area contributed by atoms with E-state index in [9.17, 15) is 4.79 Å². The summed E-state index contributed by atoms with van der Waals surface area (Å²) in [6, 6.07) is 11.3. The first-order valence-electron chi connectivity index (χ1n) is 6.75. The fourth-order valence-corrected chi connectivity index (χ4v) is 3.20. The Morgan fingerprint density at radius 3 is 2.71 bits per heavy atom. The number of hydrogen-bond donors (Lipinski definition) is 1. The molecule has 0 unspecified atom stereocenters. The molecule has 1 aromatic carbocycles. The number of amides is 1. The maximum atomic E-state index is 12.5. The highest BCUT2D eigenvalue weighted by atomic mass is 32.1. The lowest BCUT2D eigenvalue weighted by atomic mass is 10.3. The Bertz CT molecular complexity index is 771. The topological polar surface area (TPSA) is 43.3 Å². The van der Waals surface area contributed by atoms with E-state index in [-0.39, 0.29) is 5.91 Å². The van der Waals surface area contributed by atoms with Crippen LogP contribution in [0.4, 0.5) is 5.69 Å². The molecule has 0 aliphatic carbocycles. The highest BCUT2D eigenvalue weighted by Crippen LogP contribution is 2.26. The standard InChI is InChI=1S/C16H16N2O2S/c1-3-18-13-8-9-21-15(13)10-14(18)16(19)17-11-4-6-12(20-2)7-5-11/h4-10H,3H2,1-2H3,(H,17,19). The number of anilines is 1. The maximum absolute atomic E-state index is 12.5. The number of aromatic nitrogens is 1. The minimum atomic E-state index is -0.0922. The zero-order chi connectivity index (χ0) is 14.8. The van der Waals surface area contributed by atoms with E-state index in [0.717, 1.165) is 28.2 Å². The molecule has 2 aromatic heterocycles. The van der Waals surface area contributed by atoms with Gasteiger partial charge in [-0.25, -0.2) is 0 Å². The summed E-state index contributed by atoms with van der Waals surface area (Å²) in [5, 5.41) is 4.97. The summed E-state index contributed by atoms with van der Waals surface area (Å²) in [6.07, 6.45) is 0. The van der Waals surface area contributed by atoms with Gasteiger partial charge >= 0.3 is 0 Å². The Morgan fingerprint density at radius 1 is 1.29 bits per heavy atom.